The third-order valence-electron chi connectivity index (χ3n) is 4.00. The summed E-state index contributed by atoms with van der Waals surface area (Å²) in [7, 11) is -0.419. The molecule has 0 aliphatic carbocycles. The highest BCUT2D eigenvalue weighted by molar-refractivity contribution is 7.86. The molecule has 10 heteroatoms. The predicted molar refractivity (Wildman–Crippen MR) is 101 cm³/mol. The van der Waals surface area contributed by atoms with Gasteiger partial charge in [0.15, 0.2) is 5.13 Å². The fourth-order valence-electron chi connectivity index (χ4n) is 2.57. The lowest BCUT2D eigenvalue weighted by atomic mass is 10.2. The Labute approximate surface area is 157 Å². The number of aromatic nitrogens is 1. The number of amides is 2. The lowest BCUT2D eigenvalue weighted by molar-refractivity contribution is 0.251. The third kappa shape index (κ3) is 4.21. The minimum absolute atomic E-state index is 0.279. The molecule has 0 fully saturated rings. The highest BCUT2D eigenvalue weighted by atomic mass is 32.2. The van der Waals surface area contributed by atoms with E-state index in [1.54, 1.807) is 0 Å². The van der Waals surface area contributed by atoms with Crippen LogP contribution in [0.2, 0.25) is 0 Å². The molecule has 1 aliphatic rings. The summed E-state index contributed by atoms with van der Waals surface area (Å²) in [4.78, 5) is 17.3. The van der Waals surface area contributed by atoms with Crippen molar-refractivity contribution in [2.75, 3.05) is 26.0 Å². The monoisotopic (exact) mass is 395 g/mol. The van der Waals surface area contributed by atoms with Gasteiger partial charge in [0.25, 0.3) is 10.2 Å². The summed E-state index contributed by atoms with van der Waals surface area (Å²) >= 11 is 1.31. The molecule has 0 spiro atoms. The summed E-state index contributed by atoms with van der Waals surface area (Å²) in [5.74, 6) is 0. The van der Waals surface area contributed by atoms with Gasteiger partial charge in [-0.2, -0.15) is 17.0 Å². The average molecular weight is 396 g/mol. The van der Waals surface area contributed by atoms with Crippen molar-refractivity contribution in [2.45, 2.75) is 19.5 Å². The first-order valence-corrected chi connectivity index (χ1v) is 10.3. The fourth-order valence-corrected chi connectivity index (χ4v) is 4.75. The van der Waals surface area contributed by atoms with Crippen LogP contribution >= 0.6 is 11.3 Å². The Morgan fingerprint density at radius 2 is 2.04 bits per heavy atom. The van der Waals surface area contributed by atoms with Gasteiger partial charge in [-0.05, 0) is 5.56 Å². The Morgan fingerprint density at radius 3 is 2.73 bits per heavy atom. The number of hydrogen-bond acceptors (Lipinski definition) is 5. The summed E-state index contributed by atoms with van der Waals surface area (Å²) in [5, 5.41) is 5.98. The summed E-state index contributed by atoms with van der Waals surface area (Å²) in [6.45, 7) is 1.09. The van der Waals surface area contributed by atoms with Crippen LogP contribution in [-0.4, -0.2) is 48.7 Å². The van der Waals surface area contributed by atoms with Crippen LogP contribution in [0.15, 0.2) is 30.3 Å². The van der Waals surface area contributed by atoms with Gasteiger partial charge in [0.1, 0.15) is 0 Å². The highest BCUT2D eigenvalue weighted by Gasteiger charge is 2.30. The van der Waals surface area contributed by atoms with E-state index in [2.05, 4.69) is 15.6 Å². The van der Waals surface area contributed by atoms with Crippen molar-refractivity contribution in [3.63, 3.8) is 0 Å². The molecule has 0 radical (unpaired) electrons. The van der Waals surface area contributed by atoms with Crippen LogP contribution < -0.4 is 10.6 Å². The molecule has 8 nitrogen and oxygen atoms in total. The lowest BCUT2D eigenvalue weighted by Crippen LogP contribution is -2.42. The quantitative estimate of drug-likeness (QED) is 0.804. The van der Waals surface area contributed by atoms with E-state index in [9.17, 15) is 13.2 Å². The van der Waals surface area contributed by atoms with Crippen molar-refractivity contribution in [3.05, 3.63) is 46.5 Å². The van der Waals surface area contributed by atoms with Crippen LogP contribution in [0.3, 0.4) is 0 Å². The Morgan fingerprint density at radius 1 is 1.31 bits per heavy atom. The molecule has 2 amide bonds. The summed E-state index contributed by atoms with van der Waals surface area (Å²) in [6.07, 6.45) is 0.534. The molecular weight excluding hydrogens is 374 g/mol. The molecule has 1 aromatic heterocycles. The lowest BCUT2D eigenvalue weighted by Gasteiger charge is -2.27. The van der Waals surface area contributed by atoms with Crippen LogP contribution in [-0.2, 0) is 29.7 Å². The summed E-state index contributed by atoms with van der Waals surface area (Å²) < 4.78 is 27.1. The number of hydrogen-bond donors (Lipinski definition) is 2. The van der Waals surface area contributed by atoms with E-state index in [0.717, 1.165) is 16.1 Å². The Balaban J connectivity index is 1.60. The number of rotatable bonds is 5. The second kappa shape index (κ2) is 7.70. The zero-order valence-corrected chi connectivity index (χ0v) is 16.2. The molecule has 140 valence electrons. The normalized spacial score (nSPS) is 14.9. The maximum atomic E-state index is 12.3. The number of benzene rings is 1. The smallest absolute Gasteiger partial charge is 0.321 e. The Kier molecular flexibility index (Phi) is 5.56. The van der Waals surface area contributed by atoms with Crippen molar-refractivity contribution in [3.8, 4) is 0 Å². The fraction of sp³-hybridized carbons (Fsp3) is 0.375. The number of nitrogens with zero attached hydrogens (tertiary/aromatic N) is 3. The molecule has 2 heterocycles. The zero-order chi connectivity index (χ0) is 18.7. The SMILES string of the molecule is CN(C)S(=O)(=O)N1CCc2nc(NC(=O)NCc3ccccc3)sc2C1. The van der Waals surface area contributed by atoms with Crippen molar-refractivity contribution < 1.29 is 13.2 Å². The van der Waals surface area contributed by atoms with Crippen LogP contribution in [0.25, 0.3) is 0 Å². The summed E-state index contributed by atoms with van der Waals surface area (Å²) in [5.41, 5.74) is 1.85. The number of urea groups is 1. The van der Waals surface area contributed by atoms with Gasteiger partial charge in [0.2, 0.25) is 0 Å². The topological polar surface area (TPSA) is 94.6 Å². The number of carbonyl (C=O) groups excluding carboxylic acids is 1. The molecule has 2 N–H and O–H groups in total. The van der Waals surface area contributed by atoms with Crippen molar-refractivity contribution in [1.82, 2.24) is 18.9 Å². The average Bonchev–Trinajstić information content (AvgIpc) is 3.02. The van der Waals surface area contributed by atoms with Crippen LogP contribution in [0.5, 0.6) is 0 Å². The van der Waals surface area contributed by atoms with Gasteiger partial charge < -0.3 is 5.32 Å². The molecule has 0 bridgehead atoms. The molecule has 3 rings (SSSR count). The van der Waals surface area contributed by atoms with Crippen molar-refractivity contribution in [1.29, 1.82) is 0 Å². The van der Waals surface area contributed by atoms with Gasteiger partial charge in [0.05, 0.1) is 12.2 Å². The minimum Gasteiger partial charge on any atom is -0.334 e. The number of fused-ring (bicyclic) bond motifs is 1. The van der Waals surface area contributed by atoms with Gasteiger partial charge in [0, 0.05) is 38.5 Å². The molecule has 1 aliphatic heterocycles. The molecule has 1 aromatic carbocycles. The molecule has 2 aromatic rings. The second-order valence-corrected chi connectivity index (χ2v) is 9.28. The first-order valence-electron chi connectivity index (χ1n) is 8.11. The predicted octanol–water partition coefficient (Wildman–Crippen LogP) is 1.63. The van der Waals surface area contributed by atoms with Gasteiger partial charge in [-0.15, -0.1) is 0 Å². The molecule has 0 saturated heterocycles. The largest absolute Gasteiger partial charge is 0.334 e. The molecular formula is C16H21N5O3S2. The molecule has 26 heavy (non-hydrogen) atoms. The maximum Gasteiger partial charge on any atom is 0.321 e. The Hall–Kier alpha value is -2.01. The van der Waals surface area contributed by atoms with Crippen LogP contribution in [0.4, 0.5) is 9.93 Å². The van der Waals surface area contributed by atoms with E-state index in [1.807, 2.05) is 30.3 Å². The first-order chi connectivity index (χ1) is 12.4. The standard InChI is InChI=1S/C16H21N5O3S2/c1-20(2)26(23,24)21-9-8-13-14(11-21)25-16(18-13)19-15(22)17-10-12-6-4-3-5-7-12/h3-7H,8-11H2,1-2H3,(H2,17,18,19,22). The van der Waals surface area contributed by atoms with Crippen LogP contribution in [0.1, 0.15) is 16.1 Å². The first kappa shape index (κ1) is 18.8. The molecule has 0 unspecified atom stereocenters. The van der Waals surface area contributed by atoms with E-state index in [0.29, 0.717) is 24.6 Å². The van der Waals surface area contributed by atoms with Gasteiger partial charge in [-0.3, -0.25) is 5.32 Å². The Bertz CT molecular complexity index is 881. The van der Waals surface area contributed by atoms with Crippen molar-refractivity contribution in [2.24, 2.45) is 0 Å². The number of thiazole rings is 1. The third-order valence-corrected chi connectivity index (χ3v) is 6.89. The van der Waals surface area contributed by atoms with Crippen LogP contribution in [0, 0.1) is 0 Å². The van der Waals surface area contributed by atoms with E-state index >= 15 is 0 Å². The second-order valence-electron chi connectivity index (χ2n) is 6.06. The van der Waals surface area contributed by atoms with Crippen molar-refractivity contribution >= 4 is 32.7 Å². The van der Waals surface area contributed by atoms with Gasteiger partial charge >= 0.3 is 6.03 Å². The van der Waals surface area contributed by atoms with E-state index in [4.69, 9.17) is 0 Å². The number of nitrogens with one attached hydrogen (secondary N) is 2. The van der Waals surface area contributed by atoms with E-state index in [-0.39, 0.29) is 12.6 Å². The summed E-state index contributed by atoms with van der Waals surface area (Å²) in [6, 6.07) is 9.28. The minimum atomic E-state index is -3.45. The zero-order valence-electron chi connectivity index (χ0n) is 14.6. The maximum absolute atomic E-state index is 12.3. The number of carbonyl (C=O) groups is 1. The molecule has 0 saturated carbocycles. The van der Waals surface area contributed by atoms with Gasteiger partial charge in [-0.25, -0.2) is 9.78 Å². The highest BCUT2D eigenvalue weighted by Crippen LogP contribution is 2.29. The van der Waals surface area contributed by atoms with Gasteiger partial charge in [-0.1, -0.05) is 41.7 Å². The van der Waals surface area contributed by atoms with E-state index in [1.165, 1.54) is 34.0 Å². The molecule has 0 atom stereocenters. The van der Waals surface area contributed by atoms with E-state index < -0.39 is 10.2 Å². The number of anilines is 1.